The van der Waals surface area contributed by atoms with E-state index in [2.05, 4.69) is 14.9 Å². The van der Waals surface area contributed by atoms with Crippen LogP contribution in [0.2, 0.25) is 0 Å². The maximum Gasteiger partial charge on any atom is 0.243 e. The highest BCUT2D eigenvalue weighted by Gasteiger charge is 2.32. The number of benzene rings is 2. The lowest BCUT2D eigenvalue weighted by Gasteiger charge is -2.30. The molecule has 9 heteroatoms. The minimum Gasteiger partial charge on any atom is -0.326 e. The third-order valence-electron chi connectivity index (χ3n) is 5.29. The van der Waals surface area contributed by atoms with Crippen LogP contribution in [0.15, 0.2) is 58.8 Å². The van der Waals surface area contributed by atoms with Crippen LogP contribution in [0, 0.1) is 12.8 Å². The first kappa shape index (κ1) is 20.6. The Morgan fingerprint density at radius 2 is 1.73 bits per heavy atom. The molecule has 1 aromatic heterocycles. The largest absolute Gasteiger partial charge is 0.326 e. The molecule has 7 nitrogen and oxygen atoms in total. The Kier molecular flexibility index (Phi) is 5.94. The molecule has 0 spiro atoms. The molecule has 0 aliphatic carbocycles. The summed E-state index contributed by atoms with van der Waals surface area (Å²) >= 11 is 1.29. The van der Waals surface area contributed by atoms with Gasteiger partial charge in [-0.15, -0.1) is 5.10 Å². The van der Waals surface area contributed by atoms with Crippen LogP contribution in [-0.2, 0) is 14.8 Å². The van der Waals surface area contributed by atoms with E-state index in [0.717, 1.165) is 16.8 Å². The Balaban J connectivity index is 1.34. The summed E-state index contributed by atoms with van der Waals surface area (Å²) in [6, 6.07) is 14.3. The van der Waals surface area contributed by atoms with Crippen LogP contribution in [0.4, 0.5) is 5.69 Å². The molecule has 156 valence electrons. The van der Waals surface area contributed by atoms with Crippen molar-refractivity contribution in [2.45, 2.75) is 24.7 Å². The fraction of sp³-hybridized carbons (Fsp3) is 0.286. The Morgan fingerprint density at radius 1 is 1.07 bits per heavy atom. The predicted octanol–water partition coefficient (Wildman–Crippen LogP) is 3.55. The van der Waals surface area contributed by atoms with Gasteiger partial charge in [-0.25, -0.2) is 8.42 Å². The fourth-order valence-corrected chi connectivity index (χ4v) is 5.41. The van der Waals surface area contributed by atoms with Crippen LogP contribution in [-0.4, -0.2) is 41.3 Å². The lowest BCUT2D eigenvalue weighted by molar-refractivity contribution is -0.120. The standard InChI is InChI=1S/C21H22N4O3S2/c1-15-2-8-19(9-3-15)30(27,28)25-12-10-17(11-13-25)21(26)22-18-6-4-16(5-7-18)20-14-29-24-23-20/h2-9,14,17H,10-13H2,1H3,(H,22,26). The maximum atomic E-state index is 12.8. The Morgan fingerprint density at radius 3 is 2.33 bits per heavy atom. The van der Waals surface area contributed by atoms with Crippen LogP contribution < -0.4 is 5.32 Å². The number of sulfonamides is 1. The number of amides is 1. The zero-order chi connectivity index (χ0) is 21.1. The molecule has 3 aromatic rings. The molecule has 1 amide bonds. The number of carbonyl (C=O) groups is 1. The second kappa shape index (κ2) is 8.63. The summed E-state index contributed by atoms with van der Waals surface area (Å²) in [7, 11) is -3.52. The summed E-state index contributed by atoms with van der Waals surface area (Å²) in [6.45, 7) is 2.60. The molecular weight excluding hydrogens is 420 g/mol. The summed E-state index contributed by atoms with van der Waals surface area (Å²) < 4.78 is 30.9. The molecule has 1 saturated heterocycles. The van der Waals surface area contributed by atoms with Crippen molar-refractivity contribution in [3.8, 4) is 11.3 Å². The van der Waals surface area contributed by atoms with Crippen molar-refractivity contribution in [1.29, 1.82) is 0 Å². The van der Waals surface area contributed by atoms with Crippen molar-refractivity contribution in [2.24, 2.45) is 5.92 Å². The SMILES string of the molecule is Cc1ccc(S(=O)(=O)N2CCC(C(=O)Nc3ccc(-c4csnn4)cc3)CC2)cc1. The minimum atomic E-state index is -3.52. The van der Waals surface area contributed by atoms with Gasteiger partial charge in [0.25, 0.3) is 0 Å². The number of anilines is 1. The number of nitrogens with one attached hydrogen (secondary N) is 1. The molecule has 4 rings (SSSR count). The Hall–Kier alpha value is -2.62. The van der Waals surface area contributed by atoms with Crippen LogP contribution in [0.1, 0.15) is 18.4 Å². The fourth-order valence-electron chi connectivity index (χ4n) is 3.48. The Bertz CT molecular complexity index is 1100. The summed E-state index contributed by atoms with van der Waals surface area (Å²) in [5, 5.41) is 8.83. The van der Waals surface area contributed by atoms with Gasteiger partial charge in [0.05, 0.1) is 4.90 Å². The average Bonchev–Trinajstić information content (AvgIpc) is 3.30. The maximum absolute atomic E-state index is 12.8. The van der Waals surface area contributed by atoms with E-state index in [1.54, 1.807) is 24.3 Å². The summed E-state index contributed by atoms with van der Waals surface area (Å²) in [5.74, 6) is -0.289. The van der Waals surface area contributed by atoms with Crippen molar-refractivity contribution in [3.63, 3.8) is 0 Å². The number of hydrogen-bond donors (Lipinski definition) is 1. The highest BCUT2D eigenvalue weighted by atomic mass is 32.2. The first-order chi connectivity index (χ1) is 14.4. The predicted molar refractivity (Wildman–Crippen MR) is 117 cm³/mol. The van der Waals surface area contributed by atoms with Gasteiger partial charge in [-0.2, -0.15) is 4.31 Å². The monoisotopic (exact) mass is 442 g/mol. The molecular formula is C21H22N4O3S2. The van der Waals surface area contributed by atoms with Gasteiger partial charge < -0.3 is 5.32 Å². The van der Waals surface area contributed by atoms with Crippen molar-refractivity contribution in [1.82, 2.24) is 13.9 Å². The third-order valence-corrected chi connectivity index (χ3v) is 7.71. The highest BCUT2D eigenvalue weighted by Crippen LogP contribution is 2.26. The van der Waals surface area contributed by atoms with Crippen LogP contribution >= 0.6 is 11.5 Å². The number of carbonyl (C=O) groups excluding carboxylic acids is 1. The first-order valence-corrected chi connectivity index (χ1v) is 12.0. The lowest BCUT2D eigenvalue weighted by atomic mass is 9.97. The number of piperidine rings is 1. The quantitative estimate of drug-likeness (QED) is 0.652. The summed E-state index contributed by atoms with van der Waals surface area (Å²) in [5.41, 5.74) is 3.47. The van der Waals surface area contributed by atoms with E-state index in [9.17, 15) is 13.2 Å². The molecule has 0 atom stereocenters. The molecule has 1 fully saturated rings. The smallest absolute Gasteiger partial charge is 0.243 e. The van der Waals surface area contributed by atoms with Gasteiger partial charge in [-0.1, -0.05) is 34.3 Å². The normalized spacial score (nSPS) is 15.8. The van der Waals surface area contributed by atoms with E-state index < -0.39 is 10.0 Å². The topological polar surface area (TPSA) is 92.3 Å². The van der Waals surface area contributed by atoms with E-state index in [1.165, 1.54) is 15.8 Å². The van der Waals surface area contributed by atoms with Gasteiger partial charge in [0.2, 0.25) is 15.9 Å². The van der Waals surface area contributed by atoms with Gasteiger partial charge in [-0.05, 0) is 55.6 Å². The molecule has 0 saturated carbocycles. The van der Waals surface area contributed by atoms with Crippen molar-refractivity contribution in [3.05, 3.63) is 59.5 Å². The zero-order valence-corrected chi connectivity index (χ0v) is 18.1. The number of hydrogen-bond acceptors (Lipinski definition) is 6. The number of aromatic nitrogens is 2. The molecule has 2 aromatic carbocycles. The number of aryl methyl sites for hydroxylation is 1. The molecule has 1 N–H and O–H groups in total. The van der Waals surface area contributed by atoms with Gasteiger partial charge in [0.1, 0.15) is 5.69 Å². The van der Waals surface area contributed by atoms with Crippen LogP contribution in [0.3, 0.4) is 0 Å². The molecule has 2 heterocycles. The van der Waals surface area contributed by atoms with Gasteiger partial charge in [0.15, 0.2) is 0 Å². The second-order valence-corrected chi connectivity index (χ2v) is 9.90. The summed E-state index contributed by atoms with van der Waals surface area (Å²) in [4.78, 5) is 12.9. The molecule has 1 aliphatic rings. The van der Waals surface area contributed by atoms with Crippen molar-refractivity contribution < 1.29 is 13.2 Å². The number of rotatable bonds is 5. The van der Waals surface area contributed by atoms with Crippen LogP contribution in [0.5, 0.6) is 0 Å². The molecule has 0 radical (unpaired) electrons. The molecule has 0 unspecified atom stereocenters. The number of nitrogens with zero attached hydrogens (tertiary/aromatic N) is 3. The van der Waals surface area contributed by atoms with E-state index in [4.69, 9.17) is 0 Å². The van der Waals surface area contributed by atoms with E-state index in [1.807, 2.05) is 36.6 Å². The summed E-state index contributed by atoms with van der Waals surface area (Å²) in [6.07, 6.45) is 0.999. The van der Waals surface area contributed by atoms with E-state index in [-0.39, 0.29) is 11.8 Å². The van der Waals surface area contributed by atoms with Gasteiger partial charge in [0, 0.05) is 35.6 Å². The lowest BCUT2D eigenvalue weighted by Crippen LogP contribution is -2.41. The molecule has 30 heavy (non-hydrogen) atoms. The van der Waals surface area contributed by atoms with Crippen molar-refractivity contribution >= 4 is 33.2 Å². The average molecular weight is 443 g/mol. The van der Waals surface area contributed by atoms with E-state index >= 15 is 0 Å². The molecule has 0 bridgehead atoms. The van der Waals surface area contributed by atoms with E-state index in [0.29, 0.717) is 36.5 Å². The third kappa shape index (κ3) is 4.43. The zero-order valence-electron chi connectivity index (χ0n) is 16.5. The highest BCUT2D eigenvalue weighted by molar-refractivity contribution is 7.89. The van der Waals surface area contributed by atoms with Gasteiger partial charge >= 0.3 is 0 Å². The van der Waals surface area contributed by atoms with Crippen molar-refractivity contribution in [2.75, 3.05) is 18.4 Å². The van der Waals surface area contributed by atoms with Gasteiger partial charge in [-0.3, -0.25) is 4.79 Å². The molecule has 1 aliphatic heterocycles. The first-order valence-electron chi connectivity index (χ1n) is 9.69. The Labute approximate surface area is 180 Å². The van der Waals surface area contributed by atoms with Crippen LogP contribution in [0.25, 0.3) is 11.3 Å². The minimum absolute atomic E-state index is 0.0783. The second-order valence-electron chi connectivity index (χ2n) is 7.35.